The van der Waals surface area contributed by atoms with E-state index >= 15 is 0 Å². The number of carboxylic acid groups (broad SMARTS) is 1. The lowest BCUT2D eigenvalue weighted by Gasteiger charge is -2.20. The van der Waals surface area contributed by atoms with E-state index in [1.807, 2.05) is 0 Å². The minimum Gasteiger partial charge on any atom is -0.480 e. The van der Waals surface area contributed by atoms with Crippen LogP contribution in [0, 0.1) is 6.92 Å². The molecule has 1 fully saturated rings. The number of carbonyl (C=O) groups excluding carboxylic acids is 1. The smallest absolute Gasteiger partial charge is 0.327 e. The van der Waals surface area contributed by atoms with Crippen molar-refractivity contribution in [3.8, 4) is 0 Å². The summed E-state index contributed by atoms with van der Waals surface area (Å²) in [4.78, 5) is 24.6. The molecule has 0 unspecified atom stereocenters. The first-order valence-corrected chi connectivity index (χ1v) is 6.28. The van der Waals surface area contributed by atoms with E-state index in [-0.39, 0.29) is 5.91 Å². The zero-order valence-corrected chi connectivity index (χ0v) is 10.4. The molecule has 7 heteroatoms. The number of thioether (sulfide) groups is 1. The maximum Gasteiger partial charge on any atom is 0.327 e. The van der Waals surface area contributed by atoms with Crippen molar-refractivity contribution in [1.29, 1.82) is 0 Å². The van der Waals surface area contributed by atoms with E-state index < -0.39 is 12.0 Å². The Morgan fingerprint density at radius 2 is 2.29 bits per heavy atom. The van der Waals surface area contributed by atoms with Crippen LogP contribution >= 0.6 is 11.8 Å². The molecule has 0 bridgehead atoms. The summed E-state index contributed by atoms with van der Waals surface area (Å²) < 4.78 is 1.60. The van der Waals surface area contributed by atoms with Gasteiger partial charge in [-0.25, -0.2) is 4.79 Å². The van der Waals surface area contributed by atoms with Crippen molar-refractivity contribution in [3.05, 3.63) is 17.5 Å². The standard InChI is InChI=1S/C10H13N3O3S/c1-6-7(3-11-12(6)2)9(14)13-5-17-4-8(13)10(15)16/h3,8H,4-5H2,1-2H3,(H,15,16)/t8-/m0/s1. The normalized spacial score (nSPS) is 19.6. The average Bonchev–Trinajstić information content (AvgIpc) is 2.87. The third kappa shape index (κ3) is 2.02. The van der Waals surface area contributed by atoms with Gasteiger partial charge in [0.1, 0.15) is 6.04 Å². The molecule has 0 aromatic carbocycles. The second-order valence-corrected chi connectivity index (χ2v) is 4.90. The van der Waals surface area contributed by atoms with E-state index in [1.165, 1.54) is 22.9 Å². The van der Waals surface area contributed by atoms with E-state index in [0.29, 0.717) is 17.2 Å². The third-order valence-corrected chi connectivity index (χ3v) is 3.91. The SMILES string of the molecule is Cc1c(C(=O)N2CSC[C@H]2C(=O)O)cnn1C. The van der Waals surface area contributed by atoms with Crippen molar-refractivity contribution in [2.75, 3.05) is 11.6 Å². The molecular weight excluding hydrogens is 242 g/mol. The Balaban J connectivity index is 2.26. The van der Waals surface area contributed by atoms with E-state index in [0.717, 1.165) is 5.69 Å². The van der Waals surface area contributed by atoms with E-state index in [1.54, 1.807) is 18.7 Å². The summed E-state index contributed by atoms with van der Waals surface area (Å²) >= 11 is 1.45. The third-order valence-electron chi connectivity index (χ3n) is 2.89. The fourth-order valence-electron chi connectivity index (χ4n) is 1.71. The van der Waals surface area contributed by atoms with E-state index in [2.05, 4.69) is 5.10 Å². The van der Waals surface area contributed by atoms with Crippen molar-refractivity contribution >= 4 is 23.6 Å². The summed E-state index contributed by atoms with van der Waals surface area (Å²) in [5, 5.41) is 13.0. The van der Waals surface area contributed by atoms with E-state index in [4.69, 9.17) is 5.11 Å². The van der Waals surface area contributed by atoms with Crippen LogP contribution in [0.2, 0.25) is 0 Å². The molecule has 6 nitrogen and oxygen atoms in total. The molecule has 1 saturated heterocycles. The molecule has 2 heterocycles. The quantitative estimate of drug-likeness (QED) is 0.824. The predicted molar refractivity (Wildman–Crippen MR) is 62.9 cm³/mol. The first-order chi connectivity index (χ1) is 8.02. The van der Waals surface area contributed by atoms with Crippen LogP contribution in [-0.4, -0.2) is 49.3 Å². The van der Waals surface area contributed by atoms with Gasteiger partial charge in [-0.2, -0.15) is 5.10 Å². The molecule has 1 aliphatic heterocycles. The zero-order valence-electron chi connectivity index (χ0n) is 9.58. The first kappa shape index (κ1) is 12.0. The summed E-state index contributed by atoms with van der Waals surface area (Å²) in [5.41, 5.74) is 1.22. The lowest BCUT2D eigenvalue weighted by Crippen LogP contribution is -2.41. The van der Waals surface area contributed by atoms with Gasteiger partial charge < -0.3 is 10.0 Å². The van der Waals surface area contributed by atoms with Crippen molar-refractivity contribution in [3.63, 3.8) is 0 Å². The molecule has 2 rings (SSSR count). The summed E-state index contributed by atoms with van der Waals surface area (Å²) in [5.74, 6) is -0.345. The second-order valence-electron chi connectivity index (χ2n) is 3.90. The molecule has 17 heavy (non-hydrogen) atoms. The molecule has 1 amide bonds. The highest BCUT2D eigenvalue weighted by Crippen LogP contribution is 2.24. The Kier molecular flexibility index (Phi) is 3.10. The predicted octanol–water partition coefficient (Wildman–Crippen LogP) is 0.328. The van der Waals surface area contributed by atoms with Crippen LogP contribution < -0.4 is 0 Å². The largest absolute Gasteiger partial charge is 0.480 e. The van der Waals surface area contributed by atoms with Crippen LogP contribution in [0.25, 0.3) is 0 Å². The number of nitrogens with zero attached hydrogens (tertiary/aromatic N) is 3. The number of carboxylic acids is 1. The Morgan fingerprint density at radius 3 is 2.82 bits per heavy atom. The van der Waals surface area contributed by atoms with Gasteiger partial charge in [0.2, 0.25) is 0 Å². The second kappa shape index (κ2) is 4.40. The van der Waals surface area contributed by atoms with Crippen molar-refractivity contribution in [1.82, 2.24) is 14.7 Å². The molecule has 1 atom stereocenters. The van der Waals surface area contributed by atoms with E-state index in [9.17, 15) is 9.59 Å². The Labute approximate surface area is 103 Å². The monoisotopic (exact) mass is 255 g/mol. The van der Waals surface area contributed by atoms with Crippen molar-refractivity contribution < 1.29 is 14.7 Å². The lowest BCUT2D eigenvalue weighted by atomic mass is 10.2. The summed E-state index contributed by atoms with van der Waals surface area (Å²) in [6, 6.07) is -0.730. The first-order valence-electron chi connectivity index (χ1n) is 5.12. The van der Waals surface area contributed by atoms with Gasteiger partial charge in [-0.1, -0.05) is 0 Å². The maximum atomic E-state index is 12.2. The van der Waals surface area contributed by atoms with Gasteiger partial charge in [-0.05, 0) is 6.92 Å². The molecular formula is C10H13N3O3S. The van der Waals surface area contributed by atoms with Crippen molar-refractivity contribution in [2.45, 2.75) is 13.0 Å². The summed E-state index contributed by atoms with van der Waals surface area (Å²) in [6.45, 7) is 1.79. The number of rotatable bonds is 2. The Hall–Kier alpha value is -1.50. The number of hydrogen-bond donors (Lipinski definition) is 1. The number of aromatic nitrogens is 2. The lowest BCUT2D eigenvalue weighted by molar-refractivity contribution is -0.140. The molecule has 92 valence electrons. The number of hydrogen-bond acceptors (Lipinski definition) is 4. The van der Waals surface area contributed by atoms with Crippen molar-refractivity contribution in [2.24, 2.45) is 7.05 Å². The highest BCUT2D eigenvalue weighted by molar-refractivity contribution is 7.99. The van der Waals surface area contributed by atoms with Gasteiger partial charge in [-0.3, -0.25) is 9.48 Å². The molecule has 1 aromatic rings. The molecule has 0 spiro atoms. The minimum atomic E-state index is -0.954. The molecule has 1 aliphatic rings. The van der Waals surface area contributed by atoms with Gasteiger partial charge in [0.05, 0.1) is 17.6 Å². The number of aryl methyl sites for hydroxylation is 1. The highest BCUT2D eigenvalue weighted by Gasteiger charge is 2.35. The van der Waals surface area contributed by atoms with Crippen LogP contribution in [0.3, 0.4) is 0 Å². The zero-order chi connectivity index (χ0) is 12.6. The Morgan fingerprint density at radius 1 is 1.59 bits per heavy atom. The van der Waals surface area contributed by atoms with Crippen LogP contribution in [0.1, 0.15) is 16.1 Å². The number of aliphatic carboxylic acids is 1. The summed E-state index contributed by atoms with van der Waals surface area (Å²) in [7, 11) is 1.75. The number of amides is 1. The summed E-state index contributed by atoms with van der Waals surface area (Å²) in [6.07, 6.45) is 1.49. The van der Waals surface area contributed by atoms with Gasteiger partial charge in [-0.15, -0.1) is 11.8 Å². The van der Waals surface area contributed by atoms with Crippen LogP contribution in [0.5, 0.6) is 0 Å². The van der Waals surface area contributed by atoms with Gasteiger partial charge in [0, 0.05) is 18.5 Å². The highest BCUT2D eigenvalue weighted by atomic mass is 32.2. The van der Waals surface area contributed by atoms with Gasteiger partial charge >= 0.3 is 5.97 Å². The molecule has 0 aliphatic carbocycles. The molecule has 0 saturated carbocycles. The number of carbonyl (C=O) groups is 2. The van der Waals surface area contributed by atoms with Gasteiger partial charge in [0.25, 0.3) is 5.91 Å². The van der Waals surface area contributed by atoms with Crippen LogP contribution in [0.4, 0.5) is 0 Å². The topological polar surface area (TPSA) is 75.4 Å². The Bertz CT molecular complexity index is 471. The molecule has 0 radical (unpaired) electrons. The maximum absolute atomic E-state index is 12.2. The van der Waals surface area contributed by atoms with Crippen LogP contribution in [0.15, 0.2) is 6.20 Å². The van der Waals surface area contributed by atoms with Crippen LogP contribution in [-0.2, 0) is 11.8 Å². The molecule has 1 aromatic heterocycles. The molecule has 1 N–H and O–H groups in total. The fourth-order valence-corrected chi connectivity index (χ4v) is 2.86. The fraction of sp³-hybridized carbons (Fsp3) is 0.500. The minimum absolute atomic E-state index is 0.256. The average molecular weight is 255 g/mol. The van der Waals surface area contributed by atoms with Gasteiger partial charge in [0.15, 0.2) is 0 Å².